The molecule has 1 aliphatic rings. The van der Waals surface area contributed by atoms with Crippen molar-refractivity contribution in [2.45, 2.75) is 32.2 Å². The molecule has 1 unspecified atom stereocenters. The molecule has 4 nitrogen and oxygen atoms in total. The highest BCUT2D eigenvalue weighted by atomic mass is 35.5. The van der Waals surface area contributed by atoms with E-state index in [2.05, 4.69) is 17.1 Å². The molecule has 1 heterocycles. The zero-order valence-electron chi connectivity index (χ0n) is 11.6. The summed E-state index contributed by atoms with van der Waals surface area (Å²) in [7, 11) is 3.99. The standard InChI is InChI=1S/C12H25N3O.2ClH/c1-4-7-14(3)10-12(16)15-8-5-6-11(9-15)13-2;;/h11,13H,4-10H2,1-3H3;2*1H. The number of hydrogen-bond acceptors (Lipinski definition) is 3. The number of halogens is 2. The third-order valence-electron chi connectivity index (χ3n) is 3.19. The first-order chi connectivity index (χ1) is 7.67. The van der Waals surface area contributed by atoms with Gasteiger partial charge in [-0.05, 0) is 39.9 Å². The number of rotatable bonds is 5. The van der Waals surface area contributed by atoms with Gasteiger partial charge in [-0.15, -0.1) is 24.8 Å². The van der Waals surface area contributed by atoms with Crippen LogP contribution in [0.4, 0.5) is 0 Å². The zero-order chi connectivity index (χ0) is 12.0. The van der Waals surface area contributed by atoms with E-state index >= 15 is 0 Å². The van der Waals surface area contributed by atoms with Gasteiger partial charge in [0.15, 0.2) is 0 Å². The first kappa shape index (κ1) is 20.3. The molecule has 1 atom stereocenters. The minimum Gasteiger partial charge on any atom is -0.340 e. The second kappa shape index (κ2) is 10.9. The first-order valence-corrected chi connectivity index (χ1v) is 6.31. The number of nitrogens with one attached hydrogen (secondary N) is 1. The van der Waals surface area contributed by atoms with Crippen molar-refractivity contribution in [3.8, 4) is 0 Å². The van der Waals surface area contributed by atoms with E-state index < -0.39 is 0 Å². The van der Waals surface area contributed by atoms with Crippen molar-refractivity contribution >= 4 is 30.7 Å². The lowest BCUT2D eigenvalue weighted by Crippen LogP contribution is -2.49. The van der Waals surface area contributed by atoms with E-state index in [9.17, 15) is 4.79 Å². The summed E-state index contributed by atoms with van der Waals surface area (Å²) in [5.74, 6) is 0.274. The van der Waals surface area contributed by atoms with Crippen LogP contribution in [-0.4, -0.2) is 62.0 Å². The SMILES string of the molecule is CCCN(C)CC(=O)N1CCCC(NC)C1.Cl.Cl. The van der Waals surface area contributed by atoms with Crippen LogP contribution < -0.4 is 5.32 Å². The molecule has 1 rings (SSSR count). The van der Waals surface area contributed by atoms with Gasteiger partial charge in [-0.25, -0.2) is 0 Å². The molecule has 1 saturated heterocycles. The minimum absolute atomic E-state index is 0. The maximum atomic E-state index is 12.0. The number of amides is 1. The number of carbonyl (C=O) groups excluding carboxylic acids is 1. The largest absolute Gasteiger partial charge is 0.340 e. The fraction of sp³-hybridized carbons (Fsp3) is 0.917. The molecule has 0 radical (unpaired) electrons. The molecule has 1 N–H and O–H groups in total. The molecule has 1 aliphatic heterocycles. The topological polar surface area (TPSA) is 35.6 Å². The smallest absolute Gasteiger partial charge is 0.236 e. The van der Waals surface area contributed by atoms with Crippen LogP contribution in [0.15, 0.2) is 0 Å². The molecule has 18 heavy (non-hydrogen) atoms. The summed E-state index contributed by atoms with van der Waals surface area (Å²) in [5, 5.41) is 3.26. The number of nitrogens with zero attached hydrogens (tertiary/aromatic N) is 2. The van der Waals surface area contributed by atoms with Crippen LogP contribution in [0, 0.1) is 0 Å². The number of piperidine rings is 1. The molecule has 6 heteroatoms. The number of hydrogen-bond donors (Lipinski definition) is 1. The van der Waals surface area contributed by atoms with Gasteiger partial charge in [-0.3, -0.25) is 9.69 Å². The number of likely N-dealkylation sites (N-methyl/N-ethyl adjacent to an activating group) is 2. The lowest BCUT2D eigenvalue weighted by Gasteiger charge is -2.33. The van der Waals surface area contributed by atoms with Crippen LogP contribution in [-0.2, 0) is 4.79 Å². The van der Waals surface area contributed by atoms with E-state index in [1.807, 2.05) is 19.0 Å². The number of carbonyl (C=O) groups is 1. The molecule has 1 amide bonds. The van der Waals surface area contributed by atoms with E-state index in [1.54, 1.807) is 0 Å². The van der Waals surface area contributed by atoms with E-state index in [0.717, 1.165) is 32.5 Å². The van der Waals surface area contributed by atoms with E-state index in [4.69, 9.17) is 0 Å². The van der Waals surface area contributed by atoms with Gasteiger partial charge < -0.3 is 10.2 Å². The fourth-order valence-corrected chi connectivity index (χ4v) is 2.23. The summed E-state index contributed by atoms with van der Waals surface area (Å²) in [5.41, 5.74) is 0. The van der Waals surface area contributed by atoms with Gasteiger partial charge in [0.1, 0.15) is 0 Å². The third-order valence-corrected chi connectivity index (χ3v) is 3.19. The molecule has 1 fully saturated rings. The Morgan fingerprint density at radius 3 is 2.67 bits per heavy atom. The van der Waals surface area contributed by atoms with Gasteiger partial charge in [0.2, 0.25) is 5.91 Å². The highest BCUT2D eigenvalue weighted by molar-refractivity contribution is 5.85. The van der Waals surface area contributed by atoms with E-state index in [0.29, 0.717) is 12.6 Å². The number of likely N-dealkylation sites (tertiary alicyclic amines) is 1. The first-order valence-electron chi connectivity index (χ1n) is 6.31. The quantitative estimate of drug-likeness (QED) is 0.833. The summed E-state index contributed by atoms with van der Waals surface area (Å²) < 4.78 is 0. The second-order valence-corrected chi connectivity index (χ2v) is 4.71. The molecule has 0 aliphatic carbocycles. The van der Waals surface area contributed by atoms with Crippen molar-refractivity contribution in [3.05, 3.63) is 0 Å². The fourth-order valence-electron chi connectivity index (χ4n) is 2.23. The molecule has 110 valence electrons. The van der Waals surface area contributed by atoms with Crippen molar-refractivity contribution in [3.63, 3.8) is 0 Å². The summed E-state index contributed by atoms with van der Waals surface area (Å²) in [6.45, 7) is 5.49. The van der Waals surface area contributed by atoms with E-state index in [-0.39, 0.29) is 30.7 Å². The molecule has 0 aromatic rings. The van der Waals surface area contributed by atoms with Crippen molar-refractivity contribution in [2.75, 3.05) is 40.3 Å². The van der Waals surface area contributed by atoms with Crippen LogP contribution >= 0.6 is 24.8 Å². The van der Waals surface area contributed by atoms with Crippen molar-refractivity contribution in [1.29, 1.82) is 0 Å². The van der Waals surface area contributed by atoms with Crippen LogP contribution in [0.1, 0.15) is 26.2 Å². The molecule has 0 saturated carbocycles. The maximum absolute atomic E-state index is 12.0. The Labute approximate surface area is 123 Å². The molecular formula is C12H27Cl2N3O. The average Bonchev–Trinajstić information content (AvgIpc) is 2.29. The van der Waals surface area contributed by atoms with Gasteiger partial charge in [0.05, 0.1) is 6.54 Å². The van der Waals surface area contributed by atoms with Gasteiger partial charge in [-0.2, -0.15) is 0 Å². The molecule has 0 aromatic carbocycles. The van der Waals surface area contributed by atoms with Crippen LogP contribution in [0.25, 0.3) is 0 Å². The zero-order valence-corrected chi connectivity index (χ0v) is 13.3. The Morgan fingerprint density at radius 2 is 2.11 bits per heavy atom. The summed E-state index contributed by atoms with van der Waals surface area (Å²) in [6, 6.07) is 0.481. The average molecular weight is 300 g/mol. The predicted octanol–water partition coefficient (Wildman–Crippen LogP) is 1.38. The van der Waals surface area contributed by atoms with Gasteiger partial charge in [0, 0.05) is 19.1 Å². The van der Waals surface area contributed by atoms with Crippen LogP contribution in [0.5, 0.6) is 0 Å². The Balaban J connectivity index is 0. The highest BCUT2D eigenvalue weighted by Gasteiger charge is 2.22. The lowest BCUT2D eigenvalue weighted by atomic mass is 10.1. The summed E-state index contributed by atoms with van der Waals surface area (Å²) in [4.78, 5) is 16.1. The van der Waals surface area contributed by atoms with Crippen molar-refractivity contribution in [2.24, 2.45) is 0 Å². The van der Waals surface area contributed by atoms with Gasteiger partial charge in [0.25, 0.3) is 0 Å². The summed E-state index contributed by atoms with van der Waals surface area (Å²) in [6.07, 6.45) is 3.41. The Kier molecular flexibility index (Phi) is 12.2. The van der Waals surface area contributed by atoms with Crippen LogP contribution in [0.2, 0.25) is 0 Å². The molecule has 0 spiro atoms. The highest BCUT2D eigenvalue weighted by Crippen LogP contribution is 2.10. The second-order valence-electron chi connectivity index (χ2n) is 4.71. The third kappa shape index (κ3) is 6.78. The van der Waals surface area contributed by atoms with Crippen LogP contribution in [0.3, 0.4) is 0 Å². The Hall–Kier alpha value is -0.0300. The monoisotopic (exact) mass is 299 g/mol. The van der Waals surface area contributed by atoms with Crippen molar-refractivity contribution < 1.29 is 4.79 Å². The Morgan fingerprint density at radius 1 is 1.44 bits per heavy atom. The summed E-state index contributed by atoms with van der Waals surface area (Å²) >= 11 is 0. The Bertz CT molecular complexity index is 229. The lowest BCUT2D eigenvalue weighted by molar-refractivity contribution is -0.133. The van der Waals surface area contributed by atoms with Gasteiger partial charge >= 0.3 is 0 Å². The molecule has 0 bridgehead atoms. The molecular weight excluding hydrogens is 273 g/mol. The normalized spacial score (nSPS) is 19.1. The predicted molar refractivity (Wildman–Crippen MR) is 80.9 cm³/mol. The molecule has 0 aromatic heterocycles. The maximum Gasteiger partial charge on any atom is 0.236 e. The van der Waals surface area contributed by atoms with Crippen molar-refractivity contribution in [1.82, 2.24) is 15.1 Å². The minimum atomic E-state index is 0. The van der Waals surface area contributed by atoms with Gasteiger partial charge in [-0.1, -0.05) is 6.92 Å². The van der Waals surface area contributed by atoms with E-state index in [1.165, 1.54) is 6.42 Å².